The number of carbonyl (C=O) groups is 1. The highest BCUT2D eigenvalue weighted by Gasteiger charge is 2.26. The van der Waals surface area contributed by atoms with Crippen molar-refractivity contribution in [1.29, 1.82) is 0 Å². The summed E-state index contributed by atoms with van der Waals surface area (Å²) in [7, 11) is -2.39. The van der Waals surface area contributed by atoms with Gasteiger partial charge in [0.2, 0.25) is 10.0 Å². The predicted molar refractivity (Wildman–Crippen MR) is 74.5 cm³/mol. The lowest BCUT2D eigenvalue weighted by Crippen LogP contribution is -2.40. The van der Waals surface area contributed by atoms with Gasteiger partial charge in [-0.15, -0.1) is 0 Å². The first-order chi connectivity index (χ1) is 9.22. The number of carboxylic acids is 1. The summed E-state index contributed by atoms with van der Waals surface area (Å²) >= 11 is 0. The Morgan fingerprint density at radius 1 is 1.35 bits per heavy atom. The first-order valence-corrected chi connectivity index (χ1v) is 7.61. The van der Waals surface area contributed by atoms with E-state index in [2.05, 4.69) is 4.72 Å². The molecule has 0 aliphatic rings. The van der Waals surface area contributed by atoms with Gasteiger partial charge >= 0.3 is 5.97 Å². The largest absolute Gasteiger partial charge is 0.497 e. The average molecular weight is 301 g/mol. The van der Waals surface area contributed by atoms with Crippen molar-refractivity contribution < 1.29 is 23.1 Å². The molecule has 112 valence electrons. The van der Waals surface area contributed by atoms with Crippen LogP contribution in [0.4, 0.5) is 0 Å². The summed E-state index contributed by atoms with van der Waals surface area (Å²) in [5, 5.41) is 8.96. The van der Waals surface area contributed by atoms with Gasteiger partial charge in [-0.3, -0.25) is 4.79 Å². The first kappa shape index (κ1) is 16.5. The van der Waals surface area contributed by atoms with Crippen LogP contribution in [0.5, 0.6) is 5.75 Å². The third-order valence-corrected chi connectivity index (χ3v) is 4.72. The number of hydrogen-bond acceptors (Lipinski definition) is 4. The van der Waals surface area contributed by atoms with E-state index in [4.69, 9.17) is 9.84 Å². The van der Waals surface area contributed by atoms with E-state index >= 15 is 0 Å². The van der Waals surface area contributed by atoms with Crippen molar-refractivity contribution >= 4 is 16.0 Å². The number of nitrogens with one attached hydrogen (secondary N) is 1. The molecule has 0 aliphatic heterocycles. The van der Waals surface area contributed by atoms with Gasteiger partial charge in [0.25, 0.3) is 0 Å². The molecule has 7 heteroatoms. The van der Waals surface area contributed by atoms with E-state index in [1.54, 1.807) is 32.9 Å². The van der Waals surface area contributed by atoms with Crippen LogP contribution in [0.3, 0.4) is 0 Å². The molecule has 1 aromatic rings. The Morgan fingerprint density at radius 2 is 1.85 bits per heavy atom. The Morgan fingerprint density at radius 3 is 2.20 bits per heavy atom. The highest BCUT2D eigenvalue weighted by Crippen LogP contribution is 2.25. The van der Waals surface area contributed by atoms with Gasteiger partial charge < -0.3 is 9.84 Å². The summed E-state index contributed by atoms with van der Waals surface area (Å²) in [6, 6.07) is 2.06. The average Bonchev–Trinajstić information content (AvgIpc) is 2.34. The van der Waals surface area contributed by atoms with Crippen molar-refractivity contribution in [2.45, 2.75) is 38.1 Å². The Hall–Kier alpha value is -1.60. The van der Waals surface area contributed by atoms with Crippen LogP contribution in [0.1, 0.15) is 24.5 Å². The topological polar surface area (TPSA) is 92.7 Å². The molecule has 2 N–H and O–H groups in total. The zero-order chi connectivity index (χ0) is 15.5. The molecule has 0 saturated heterocycles. The summed E-state index contributed by atoms with van der Waals surface area (Å²) in [6.45, 7) is 4.90. The molecule has 1 aromatic carbocycles. The maximum Gasteiger partial charge on any atom is 0.321 e. The lowest BCUT2D eigenvalue weighted by Gasteiger charge is -2.16. The maximum atomic E-state index is 12.3. The lowest BCUT2D eigenvalue weighted by molar-refractivity contribution is -0.139. The highest BCUT2D eigenvalue weighted by molar-refractivity contribution is 7.89. The van der Waals surface area contributed by atoms with Gasteiger partial charge in [0.05, 0.1) is 12.0 Å². The molecule has 0 fully saturated rings. The zero-order valence-electron chi connectivity index (χ0n) is 11.9. The quantitative estimate of drug-likeness (QED) is 0.829. The molecule has 0 aromatic heterocycles. The third kappa shape index (κ3) is 3.49. The monoisotopic (exact) mass is 301 g/mol. The number of ether oxygens (including phenoxy) is 1. The lowest BCUT2D eigenvalue weighted by atomic mass is 10.1. The van der Waals surface area contributed by atoms with E-state index < -0.39 is 22.0 Å². The molecule has 0 saturated carbocycles. The highest BCUT2D eigenvalue weighted by atomic mass is 32.2. The smallest absolute Gasteiger partial charge is 0.321 e. The fourth-order valence-corrected chi connectivity index (χ4v) is 3.73. The second-order valence-corrected chi connectivity index (χ2v) is 6.16. The Kier molecular flexibility index (Phi) is 5.13. The van der Waals surface area contributed by atoms with Crippen LogP contribution >= 0.6 is 0 Å². The van der Waals surface area contributed by atoms with Gasteiger partial charge in [0.1, 0.15) is 11.8 Å². The predicted octanol–water partition coefficient (Wildman–Crippen LogP) is 1.45. The van der Waals surface area contributed by atoms with E-state index in [0.717, 1.165) is 0 Å². The van der Waals surface area contributed by atoms with Gasteiger partial charge in [-0.05, 0) is 43.5 Å². The van der Waals surface area contributed by atoms with Gasteiger partial charge in [0.15, 0.2) is 0 Å². The molecular formula is C13H19NO5S. The molecule has 6 nitrogen and oxygen atoms in total. The van der Waals surface area contributed by atoms with Crippen molar-refractivity contribution in [2.24, 2.45) is 0 Å². The van der Waals surface area contributed by atoms with Gasteiger partial charge in [0, 0.05) is 0 Å². The van der Waals surface area contributed by atoms with E-state index in [-0.39, 0.29) is 11.3 Å². The summed E-state index contributed by atoms with van der Waals surface area (Å²) in [5.74, 6) is -0.635. The number of aliphatic carboxylic acids is 1. The maximum absolute atomic E-state index is 12.3. The molecule has 0 spiro atoms. The number of carboxylic acid groups (broad SMARTS) is 1. The molecule has 0 aliphatic carbocycles. The number of benzene rings is 1. The third-order valence-electron chi connectivity index (χ3n) is 2.94. The van der Waals surface area contributed by atoms with Crippen LogP contribution < -0.4 is 9.46 Å². The van der Waals surface area contributed by atoms with Gasteiger partial charge in [-0.1, -0.05) is 6.92 Å². The van der Waals surface area contributed by atoms with Crippen molar-refractivity contribution in [2.75, 3.05) is 7.11 Å². The van der Waals surface area contributed by atoms with Crippen molar-refractivity contribution in [1.82, 2.24) is 4.72 Å². The molecule has 0 unspecified atom stereocenters. The van der Waals surface area contributed by atoms with Crippen LogP contribution in [0.15, 0.2) is 17.0 Å². The molecule has 0 radical (unpaired) electrons. The van der Waals surface area contributed by atoms with Crippen LogP contribution in [0, 0.1) is 13.8 Å². The van der Waals surface area contributed by atoms with Gasteiger partial charge in [-0.2, -0.15) is 4.72 Å². The molecular weight excluding hydrogens is 282 g/mol. The summed E-state index contributed by atoms with van der Waals surface area (Å²) < 4.78 is 31.9. The van der Waals surface area contributed by atoms with Crippen molar-refractivity contribution in [3.05, 3.63) is 23.3 Å². The number of methoxy groups -OCH3 is 1. The second-order valence-electron chi connectivity index (χ2n) is 4.51. The van der Waals surface area contributed by atoms with Crippen LogP contribution in [0.25, 0.3) is 0 Å². The minimum Gasteiger partial charge on any atom is -0.497 e. The minimum absolute atomic E-state index is 0.0954. The molecule has 1 atom stereocenters. The van der Waals surface area contributed by atoms with Crippen LogP contribution in [-0.4, -0.2) is 32.6 Å². The fraction of sp³-hybridized carbons (Fsp3) is 0.462. The zero-order valence-corrected chi connectivity index (χ0v) is 12.7. The number of hydrogen-bond donors (Lipinski definition) is 2. The van der Waals surface area contributed by atoms with E-state index in [9.17, 15) is 13.2 Å². The molecule has 0 amide bonds. The van der Waals surface area contributed by atoms with Crippen molar-refractivity contribution in [3.8, 4) is 5.75 Å². The molecule has 20 heavy (non-hydrogen) atoms. The van der Waals surface area contributed by atoms with Crippen LogP contribution in [-0.2, 0) is 14.8 Å². The number of rotatable bonds is 6. The van der Waals surface area contributed by atoms with E-state index in [1.807, 2.05) is 0 Å². The molecule has 0 heterocycles. The van der Waals surface area contributed by atoms with Crippen molar-refractivity contribution in [3.63, 3.8) is 0 Å². The number of sulfonamides is 1. The molecule has 1 rings (SSSR count). The summed E-state index contributed by atoms with van der Waals surface area (Å²) in [5.41, 5.74) is 1.02. The fourth-order valence-electron chi connectivity index (χ4n) is 2.01. The number of aryl methyl sites for hydroxylation is 2. The van der Waals surface area contributed by atoms with Crippen LogP contribution in [0.2, 0.25) is 0 Å². The summed E-state index contributed by atoms with van der Waals surface area (Å²) in [6.07, 6.45) is 0.169. The minimum atomic E-state index is -3.89. The Bertz CT molecular complexity index is 586. The summed E-state index contributed by atoms with van der Waals surface area (Å²) in [4.78, 5) is 11.1. The van der Waals surface area contributed by atoms with Gasteiger partial charge in [-0.25, -0.2) is 8.42 Å². The first-order valence-electron chi connectivity index (χ1n) is 6.13. The Labute approximate surface area is 118 Å². The van der Waals surface area contributed by atoms with E-state index in [1.165, 1.54) is 7.11 Å². The SMILES string of the molecule is CC[C@@H](NS(=O)(=O)c1c(C)cc(OC)cc1C)C(=O)O. The second kappa shape index (κ2) is 6.23. The Balaban J connectivity index is 3.26. The standard InChI is InChI=1S/C13H19NO5S/c1-5-11(13(15)16)14-20(17,18)12-8(2)6-10(19-4)7-9(12)3/h6-7,11,14H,5H2,1-4H3,(H,15,16)/t11-/m1/s1. The molecule has 0 bridgehead atoms. The normalized spacial score (nSPS) is 13.0. The van der Waals surface area contributed by atoms with E-state index in [0.29, 0.717) is 16.9 Å².